The number of hydrogen-bond acceptors (Lipinski definition) is 5. The molecule has 1 atom stereocenters. The summed E-state index contributed by atoms with van der Waals surface area (Å²) in [5.74, 6) is 3.75. The Bertz CT molecular complexity index is 413. The van der Waals surface area contributed by atoms with Crippen molar-refractivity contribution in [3.05, 3.63) is 15.1 Å². The Morgan fingerprint density at radius 1 is 1.53 bits per heavy atom. The molecule has 0 spiro atoms. The van der Waals surface area contributed by atoms with Crippen molar-refractivity contribution in [2.24, 2.45) is 0 Å². The number of nitrogens with two attached hydrogens (primary N) is 1. The van der Waals surface area contributed by atoms with Crippen LogP contribution in [0.4, 0.5) is 5.82 Å². The van der Waals surface area contributed by atoms with Gasteiger partial charge in [0.25, 0.3) is 0 Å². The Labute approximate surface area is 120 Å². The molecule has 1 unspecified atom stereocenters. The molecule has 1 aliphatic rings. The van der Waals surface area contributed by atoms with E-state index in [1.165, 1.54) is 5.75 Å². The van der Waals surface area contributed by atoms with E-state index in [-0.39, 0.29) is 0 Å². The number of nitrogens with zero attached hydrogens (tertiary/aromatic N) is 3. The molecule has 1 saturated heterocycles. The molecule has 2 heterocycles. The SMILES string of the molecule is CCc1nc(C2CSCCN2C)nc(N)c1I. The second-order valence-corrected chi connectivity index (χ2v) is 6.38. The summed E-state index contributed by atoms with van der Waals surface area (Å²) in [7, 11) is 2.13. The van der Waals surface area contributed by atoms with Crippen molar-refractivity contribution < 1.29 is 0 Å². The summed E-state index contributed by atoms with van der Waals surface area (Å²) in [5.41, 5.74) is 7.03. The summed E-state index contributed by atoms with van der Waals surface area (Å²) in [6.45, 7) is 3.19. The fraction of sp³-hybridized carbons (Fsp3) is 0.636. The summed E-state index contributed by atoms with van der Waals surface area (Å²) >= 11 is 4.19. The zero-order valence-electron chi connectivity index (χ0n) is 10.1. The van der Waals surface area contributed by atoms with Crippen LogP contribution in [0.3, 0.4) is 0 Å². The average Bonchev–Trinajstić information content (AvgIpc) is 2.33. The Morgan fingerprint density at radius 3 is 2.94 bits per heavy atom. The van der Waals surface area contributed by atoms with Gasteiger partial charge in [-0.25, -0.2) is 9.97 Å². The van der Waals surface area contributed by atoms with Crippen LogP contribution >= 0.6 is 34.4 Å². The summed E-state index contributed by atoms with van der Waals surface area (Å²) < 4.78 is 1.000. The van der Waals surface area contributed by atoms with Gasteiger partial charge in [0.05, 0.1) is 15.3 Å². The van der Waals surface area contributed by atoms with Gasteiger partial charge < -0.3 is 5.73 Å². The quantitative estimate of drug-likeness (QED) is 0.813. The Balaban J connectivity index is 2.34. The van der Waals surface area contributed by atoms with Crippen molar-refractivity contribution in [3.8, 4) is 0 Å². The van der Waals surface area contributed by atoms with E-state index < -0.39 is 0 Å². The number of hydrogen-bond donors (Lipinski definition) is 1. The van der Waals surface area contributed by atoms with Crippen molar-refractivity contribution in [2.75, 3.05) is 30.8 Å². The number of aryl methyl sites for hydroxylation is 1. The molecule has 0 amide bonds. The zero-order valence-corrected chi connectivity index (χ0v) is 13.1. The summed E-state index contributed by atoms with van der Waals surface area (Å²) in [5, 5.41) is 0. The largest absolute Gasteiger partial charge is 0.383 e. The van der Waals surface area contributed by atoms with E-state index in [1.54, 1.807) is 0 Å². The minimum Gasteiger partial charge on any atom is -0.383 e. The maximum absolute atomic E-state index is 5.97. The van der Waals surface area contributed by atoms with E-state index in [1.807, 2.05) is 11.8 Å². The molecule has 94 valence electrons. The van der Waals surface area contributed by atoms with Crippen LogP contribution in [0.15, 0.2) is 0 Å². The Hall–Kier alpha value is -0.0800. The molecule has 0 saturated carbocycles. The topological polar surface area (TPSA) is 55.0 Å². The van der Waals surface area contributed by atoms with Crippen molar-refractivity contribution >= 4 is 40.2 Å². The normalized spacial score (nSPS) is 21.7. The number of anilines is 1. The van der Waals surface area contributed by atoms with E-state index in [9.17, 15) is 0 Å². The highest BCUT2D eigenvalue weighted by Gasteiger charge is 2.24. The smallest absolute Gasteiger partial charge is 0.149 e. The summed E-state index contributed by atoms with van der Waals surface area (Å²) in [4.78, 5) is 11.4. The van der Waals surface area contributed by atoms with Crippen molar-refractivity contribution in [2.45, 2.75) is 19.4 Å². The number of rotatable bonds is 2. The molecule has 0 radical (unpaired) electrons. The van der Waals surface area contributed by atoms with Crippen molar-refractivity contribution in [1.82, 2.24) is 14.9 Å². The molecular weight excluding hydrogens is 347 g/mol. The van der Waals surface area contributed by atoms with E-state index in [2.05, 4.69) is 51.4 Å². The summed E-state index contributed by atoms with van der Waals surface area (Å²) in [6, 6.07) is 0.304. The van der Waals surface area contributed by atoms with Gasteiger partial charge in [-0.15, -0.1) is 0 Å². The molecule has 0 bridgehead atoms. The van der Waals surface area contributed by atoms with Crippen molar-refractivity contribution in [3.63, 3.8) is 0 Å². The third-order valence-electron chi connectivity index (χ3n) is 2.99. The predicted octanol–water partition coefficient (Wildman–Crippen LogP) is 1.95. The van der Waals surface area contributed by atoms with E-state index in [0.29, 0.717) is 11.9 Å². The van der Waals surface area contributed by atoms with Gasteiger partial charge in [-0.2, -0.15) is 11.8 Å². The van der Waals surface area contributed by atoms with Crippen molar-refractivity contribution in [1.29, 1.82) is 0 Å². The van der Waals surface area contributed by atoms with E-state index in [4.69, 9.17) is 5.73 Å². The minimum absolute atomic E-state index is 0.304. The average molecular weight is 364 g/mol. The highest BCUT2D eigenvalue weighted by atomic mass is 127. The molecule has 1 fully saturated rings. The monoisotopic (exact) mass is 364 g/mol. The second kappa shape index (κ2) is 5.71. The number of nitrogen functional groups attached to an aromatic ring is 1. The lowest BCUT2D eigenvalue weighted by molar-refractivity contribution is 0.264. The van der Waals surface area contributed by atoms with Crippen LogP contribution in [-0.4, -0.2) is 40.0 Å². The predicted molar refractivity (Wildman–Crippen MR) is 81.2 cm³/mol. The third kappa shape index (κ3) is 2.85. The minimum atomic E-state index is 0.304. The first-order chi connectivity index (χ1) is 8.13. The van der Waals surface area contributed by atoms with Gasteiger partial charge in [0.15, 0.2) is 0 Å². The first-order valence-electron chi connectivity index (χ1n) is 5.73. The molecule has 2 rings (SSSR count). The highest BCUT2D eigenvalue weighted by Crippen LogP contribution is 2.28. The van der Waals surface area contributed by atoms with Crippen LogP contribution in [0.1, 0.15) is 24.5 Å². The molecule has 0 aliphatic carbocycles. The molecule has 1 aromatic rings. The van der Waals surface area contributed by atoms with E-state index >= 15 is 0 Å². The Kier molecular flexibility index (Phi) is 4.48. The van der Waals surface area contributed by atoms with Gasteiger partial charge in [0, 0.05) is 18.1 Å². The van der Waals surface area contributed by atoms with Crippen LogP contribution in [-0.2, 0) is 6.42 Å². The van der Waals surface area contributed by atoms with Crippen LogP contribution in [0.5, 0.6) is 0 Å². The Morgan fingerprint density at radius 2 is 2.29 bits per heavy atom. The first-order valence-corrected chi connectivity index (χ1v) is 7.96. The molecule has 0 aromatic carbocycles. The lowest BCUT2D eigenvalue weighted by atomic mass is 10.2. The molecule has 2 N–H and O–H groups in total. The molecule has 17 heavy (non-hydrogen) atoms. The molecule has 6 heteroatoms. The van der Waals surface area contributed by atoms with Gasteiger partial charge in [0.1, 0.15) is 11.6 Å². The molecule has 1 aromatic heterocycles. The van der Waals surface area contributed by atoms with Crippen LogP contribution < -0.4 is 5.73 Å². The van der Waals surface area contributed by atoms with Gasteiger partial charge in [-0.3, -0.25) is 4.90 Å². The number of halogens is 1. The van der Waals surface area contributed by atoms with Crippen LogP contribution in [0.2, 0.25) is 0 Å². The fourth-order valence-electron chi connectivity index (χ4n) is 1.87. The van der Waals surface area contributed by atoms with E-state index in [0.717, 1.165) is 33.8 Å². The fourth-order valence-corrected chi connectivity index (χ4v) is 3.71. The van der Waals surface area contributed by atoms with Gasteiger partial charge in [-0.1, -0.05) is 6.92 Å². The lowest BCUT2D eigenvalue weighted by Gasteiger charge is -2.31. The standard InChI is InChI=1S/C11H17IN4S/c1-3-7-9(12)10(13)15-11(14-7)8-6-17-5-4-16(8)2/h8H,3-6H2,1-2H3,(H2,13,14,15). The lowest BCUT2D eigenvalue weighted by Crippen LogP contribution is -2.34. The first kappa shape index (κ1) is 13.4. The molecular formula is C11H17IN4S. The maximum atomic E-state index is 5.97. The van der Waals surface area contributed by atoms with Crippen LogP contribution in [0.25, 0.3) is 0 Å². The summed E-state index contributed by atoms with van der Waals surface area (Å²) in [6.07, 6.45) is 0.904. The maximum Gasteiger partial charge on any atom is 0.149 e. The molecule has 4 nitrogen and oxygen atoms in total. The van der Waals surface area contributed by atoms with Crippen LogP contribution in [0, 0.1) is 3.57 Å². The van der Waals surface area contributed by atoms with Gasteiger partial charge in [-0.05, 0) is 36.1 Å². The highest BCUT2D eigenvalue weighted by molar-refractivity contribution is 14.1. The van der Waals surface area contributed by atoms with Gasteiger partial charge >= 0.3 is 0 Å². The number of aromatic nitrogens is 2. The second-order valence-electron chi connectivity index (χ2n) is 4.15. The number of thioether (sulfide) groups is 1. The molecule has 1 aliphatic heterocycles. The van der Waals surface area contributed by atoms with Gasteiger partial charge in [0.2, 0.25) is 0 Å². The third-order valence-corrected chi connectivity index (χ3v) is 5.19. The zero-order chi connectivity index (χ0) is 12.4.